The molecule has 0 fully saturated rings. The fourth-order valence-electron chi connectivity index (χ4n) is 4.22. The van der Waals surface area contributed by atoms with Crippen molar-refractivity contribution in [2.24, 2.45) is 0 Å². The third kappa shape index (κ3) is 3.81. The molecule has 3 aromatic heterocycles. The highest BCUT2D eigenvalue weighted by atomic mass is 16.4. The second kappa shape index (κ2) is 7.94. The van der Waals surface area contributed by atoms with E-state index in [2.05, 4.69) is 32.2 Å². The normalized spacial score (nSPS) is 13.5. The van der Waals surface area contributed by atoms with E-state index in [1.807, 2.05) is 36.9 Å². The SMILES string of the molecule is Cc1nc2ncnn2c(C)c1CCC(=O)N1CCc2oc(Cc3ccccc3)nc2C1. The van der Waals surface area contributed by atoms with Gasteiger partial charge in [0.2, 0.25) is 5.91 Å². The molecule has 0 atom stereocenters. The van der Waals surface area contributed by atoms with E-state index in [0.717, 1.165) is 34.0 Å². The van der Waals surface area contributed by atoms with E-state index in [1.165, 1.54) is 6.33 Å². The molecule has 5 rings (SSSR count). The number of aromatic nitrogens is 5. The Morgan fingerprint density at radius 2 is 2.00 bits per heavy atom. The summed E-state index contributed by atoms with van der Waals surface area (Å²) >= 11 is 0. The minimum Gasteiger partial charge on any atom is -0.445 e. The quantitative estimate of drug-likeness (QED) is 0.497. The Kier molecular flexibility index (Phi) is 4.97. The van der Waals surface area contributed by atoms with Gasteiger partial charge >= 0.3 is 0 Å². The molecule has 4 aromatic rings. The van der Waals surface area contributed by atoms with Crippen LogP contribution in [0.2, 0.25) is 0 Å². The maximum Gasteiger partial charge on any atom is 0.252 e. The van der Waals surface area contributed by atoms with Gasteiger partial charge in [-0.2, -0.15) is 10.1 Å². The van der Waals surface area contributed by atoms with Gasteiger partial charge in [-0.05, 0) is 31.4 Å². The van der Waals surface area contributed by atoms with Gasteiger partial charge < -0.3 is 9.32 Å². The van der Waals surface area contributed by atoms with Crippen molar-refractivity contribution >= 4 is 11.7 Å². The van der Waals surface area contributed by atoms with E-state index in [0.29, 0.717) is 50.4 Å². The second-order valence-electron chi connectivity index (χ2n) is 7.94. The highest BCUT2D eigenvalue weighted by Gasteiger charge is 2.25. The monoisotopic (exact) mass is 416 g/mol. The molecule has 31 heavy (non-hydrogen) atoms. The maximum atomic E-state index is 12.9. The number of carbonyl (C=O) groups is 1. The molecule has 0 spiro atoms. The number of amides is 1. The number of hydrogen-bond acceptors (Lipinski definition) is 6. The number of carbonyl (C=O) groups excluding carboxylic acids is 1. The van der Waals surface area contributed by atoms with Gasteiger partial charge in [0.05, 0.1) is 6.54 Å². The van der Waals surface area contributed by atoms with E-state index in [1.54, 1.807) is 4.52 Å². The highest BCUT2D eigenvalue weighted by molar-refractivity contribution is 5.76. The summed E-state index contributed by atoms with van der Waals surface area (Å²) in [4.78, 5) is 28.1. The van der Waals surface area contributed by atoms with Crippen LogP contribution in [-0.2, 0) is 30.6 Å². The van der Waals surface area contributed by atoms with Crippen LogP contribution >= 0.6 is 0 Å². The van der Waals surface area contributed by atoms with Gasteiger partial charge in [0.25, 0.3) is 5.78 Å². The van der Waals surface area contributed by atoms with Gasteiger partial charge in [0, 0.05) is 37.2 Å². The molecule has 1 amide bonds. The molecule has 1 aromatic carbocycles. The highest BCUT2D eigenvalue weighted by Crippen LogP contribution is 2.23. The summed E-state index contributed by atoms with van der Waals surface area (Å²) in [6, 6.07) is 10.1. The Morgan fingerprint density at radius 3 is 2.84 bits per heavy atom. The zero-order chi connectivity index (χ0) is 21.4. The molecule has 4 heterocycles. The van der Waals surface area contributed by atoms with Gasteiger partial charge in [0.15, 0.2) is 5.89 Å². The molecule has 0 saturated carbocycles. The Labute approximate surface area is 180 Å². The number of fused-ring (bicyclic) bond motifs is 2. The lowest BCUT2D eigenvalue weighted by Crippen LogP contribution is -2.36. The fourth-order valence-corrected chi connectivity index (χ4v) is 4.22. The zero-order valence-electron chi connectivity index (χ0n) is 17.7. The molecule has 0 bridgehead atoms. The van der Waals surface area contributed by atoms with E-state index >= 15 is 0 Å². The zero-order valence-corrected chi connectivity index (χ0v) is 17.7. The molecule has 0 N–H and O–H groups in total. The molecule has 8 nitrogen and oxygen atoms in total. The van der Waals surface area contributed by atoms with Crippen molar-refractivity contribution in [2.75, 3.05) is 6.54 Å². The first-order chi connectivity index (χ1) is 15.1. The van der Waals surface area contributed by atoms with Crippen molar-refractivity contribution < 1.29 is 9.21 Å². The molecule has 0 unspecified atom stereocenters. The summed E-state index contributed by atoms with van der Waals surface area (Å²) in [6.07, 6.45) is 3.92. The van der Waals surface area contributed by atoms with Crippen molar-refractivity contribution in [1.82, 2.24) is 29.5 Å². The molecule has 1 aliphatic heterocycles. The van der Waals surface area contributed by atoms with Crippen LogP contribution in [0.5, 0.6) is 0 Å². The minimum atomic E-state index is 0.121. The summed E-state index contributed by atoms with van der Waals surface area (Å²) in [5.41, 5.74) is 4.97. The van der Waals surface area contributed by atoms with Gasteiger partial charge in [0.1, 0.15) is 17.8 Å². The summed E-state index contributed by atoms with van der Waals surface area (Å²) < 4.78 is 7.68. The summed E-state index contributed by atoms with van der Waals surface area (Å²) in [6.45, 7) is 5.11. The van der Waals surface area contributed by atoms with Crippen molar-refractivity contribution in [1.29, 1.82) is 0 Å². The van der Waals surface area contributed by atoms with Crippen LogP contribution in [-0.4, -0.2) is 41.9 Å². The standard InChI is InChI=1S/C23H24N6O2/c1-15-18(16(2)29-23(26-15)24-14-25-29)8-9-22(30)28-11-10-20-19(13-28)27-21(31-20)12-17-6-4-3-5-7-17/h3-7,14H,8-13H2,1-2H3. The lowest BCUT2D eigenvalue weighted by Gasteiger charge is -2.25. The van der Waals surface area contributed by atoms with Crippen LogP contribution in [0, 0.1) is 13.8 Å². The van der Waals surface area contributed by atoms with Crippen LogP contribution in [0.3, 0.4) is 0 Å². The van der Waals surface area contributed by atoms with Crippen molar-refractivity contribution in [3.63, 3.8) is 0 Å². The van der Waals surface area contributed by atoms with Crippen LogP contribution in [0.1, 0.15) is 46.3 Å². The van der Waals surface area contributed by atoms with E-state index in [4.69, 9.17) is 4.42 Å². The fraction of sp³-hybridized carbons (Fsp3) is 0.348. The predicted molar refractivity (Wildman–Crippen MR) is 113 cm³/mol. The molecule has 8 heteroatoms. The van der Waals surface area contributed by atoms with Crippen LogP contribution in [0.4, 0.5) is 0 Å². The topological polar surface area (TPSA) is 89.4 Å². The van der Waals surface area contributed by atoms with Gasteiger partial charge in [-0.25, -0.2) is 14.5 Å². The molecule has 0 radical (unpaired) electrons. The second-order valence-corrected chi connectivity index (χ2v) is 7.94. The van der Waals surface area contributed by atoms with Gasteiger partial charge in [-0.15, -0.1) is 0 Å². The van der Waals surface area contributed by atoms with E-state index in [-0.39, 0.29) is 5.91 Å². The van der Waals surface area contributed by atoms with Gasteiger partial charge in [-0.1, -0.05) is 30.3 Å². The summed E-state index contributed by atoms with van der Waals surface area (Å²) in [5, 5.41) is 4.22. The average molecular weight is 416 g/mol. The first-order valence-corrected chi connectivity index (χ1v) is 10.5. The van der Waals surface area contributed by atoms with Crippen LogP contribution < -0.4 is 0 Å². The largest absolute Gasteiger partial charge is 0.445 e. The van der Waals surface area contributed by atoms with E-state index in [9.17, 15) is 4.79 Å². The first kappa shape index (κ1) is 19.4. The number of nitrogens with zero attached hydrogens (tertiary/aromatic N) is 6. The Hall–Kier alpha value is -3.55. The molecule has 0 aliphatic carbocycles. The third-order valence-electron chi connectivity index (χ3n) is 5.90. The number of hydrogen-bond donors (Lipinski definition) is 0. The third-order valence-corrected chi connectivity index (χ3v) is 5.90. The first-order valence-electron chi connectivity index (χ1n) is 10.5. The molecular weight excluding hydrogens is 392 g/mol. The molecule has 0 saturated heterocycles. The van der Waals surface area contributed by atoms with Crippen molar-refractivity contribution in [2.45, 2.75) is 46.1 Å². The molecule has 1 aliphatic rings. The van der Waals surface area contributed by atoms with Crippen molar-refractivity contribution in [3.05, 3.63) is 76.5 Å². The maximum absolute atomic E-state index is 12.9. The summed E-state index contributed by atoms with van der Waals surface area (Å²) in [5.74, 6) is 2.33. The van der Waals surface area contributed by atoms with Gasteiger partial charge in [-0.3, -0.25) is 4.79 Å². The Balaban J connectivity index is 1.25. The Morgan fingerprint density at radius 1 is 1.16 bits per heavy atom. The molecule has 158 valence electrons. The minimum absolute atomic E-state index is 0.121. The number of aryl methyl sites for hydroxylation is 2. The lowest BCUT2D eigenvalue weighted by molar-refractivity contribution is -0.132. The van der Waals surface area contributed by atoms with E-state index < -0.39 is 0 Å². The van der Waals surface area contributed by atoms with Crippen molar-refractivity contribution in [3.8, 4) is 0 Å². The average Bonchev–Trinajstić information content (AvgIpc) is 3.39. The smallest absolute Gasteiger partial charge is 0.252 e. The summed E-state index contributed by atoms with van der Waals surface area (Å²) in [7, 11) is 0. The van der Waals surface area contributed by atoms with Crippen LogP contribution in [0.15, 0.2) is 41.1 Å². The number of benzene rings is 1. The number of rotatable bonds is 5. The van der Waals surface area contributed by atoms with Crippen LogP contribution in [0.25, 0.3) is 5.78 Å². The Bertz CT molecular complexity index is 1240. The number of oxazole rings is 1. The lowest BCUT2D eigenvalue weighted by atomic mass is 10.1. The molecular formula is C23H24N6O2. The predicted octanol–water partition coefficient (Wildman–Crippen LogP) is 2.84.